The first-order valence-electron chi connectivity index (χ1n) is 13.7. The zero-order valence-electron chi connectivity index (χ0n) is 24.4. The second kappa shape index (κ2) is 12.0. The number of nitrogens with zero attached hydrogens (tertiary/aromatic N) is 8. The monoisotopic (exact) mass is 567 g/mol. The van der Waals surface area contributed by atoms with Crippen molar-refractivity contribution in [2.75, 3.05) is 6.61 Å². The zero-order valence-corrected chi connectivity index (χ0v) is 24.4. The summed E-state index contributed by atoms with van der Waals surface area (Å²) >= 11 is 0. The van der Waals surface area contributed by atoms with E-state index in [0.29, 0.717) is 24.0 Å². The summed E-state index contributed by atoms with van der Waals surface area (Å²) in [5.74, 6) is 0.702. The molecule has 0 saturated heterocycles. The van der Waals surface area contributed by atoms with Gasteiger partial charge in [-0.05, 0) is 57.4 Å². The number of ether oxygens (including phenoxy) is 1. The molecule has 0 spiro atoms. The molecule has 0 saturated carbocycles. The molecule has 0 unspecified atom stereocenters. The minimum atomic E-state index is -0.445. The summed E-state index contributed by atoms with van der Waals surface area (Å²) in [7, 11) is 0. The lowest BCUT2D eigenvalue weighted by molar-refractivity contribution is 0.199. The first kappa shape index (κ1) is 28.7. The number of halogens is 1. The maximum absolute atomic E-state index is 13.1. The van der Waals surface area contributed by atoms with Gasteiger partial charge in [0.2, 0.25) is 11.8 Å². The Morgan fingerprint density at radius 1 is 0.810 bits per heavy atom. The lowest BCUT2D eigenvalue weighted by Crippen LogP contribution is -2.43. The predicted molar refractivity (Wildman–Crippen MR) is 159 cm³/mol. The van der Waals surface area contributed by atoms with Gasteiger partial charge in [-0.15, -0.1) is 0 Å². The van der Waals surface area contributed by atoms with E-state index in [1.807, 2.05) is 38.1 Å². The lowest BCUT2D eigenvalue weighted by Gasteiger charge is -2.26. The van der Waals surface area contributed by atoms with Crippen LogP contribution in [0, 0.1) is 25.7 Å². The van der Waals surface area contributed by atoms with Crippen LogP contribution in [0.4, 0.5) is 4.39 Å². The number of aryl methyl sites for hydroxylation is 2. The first-order valence-corrected chi connectivity index (χ1v) is 13.7. The van der Waals surface area contributed by atoms with Gasteiger partial charge < -0.3 is 10.5 Å². The average Bonchev–Trinajstić information content (AvgIpc) is 3.63. The molecular formula is C31H34FN9O. The first-order chi connectivity index (χ1) is 20.1. The van der Waals surface area contributed by atoms with Crippen LogP contribution in [0.25, 0.3) is 33.8 Å². The smallest absolute Gasteiger partial charge is 0.216 e. The van der Waals surface area contributed by atoms with Crippen LogP contribution in [-0.2, 0) is 0 Å². The molecule has 1 atom stereocenters. The van der Waals surface area contributed by atoms with Crippen molar-refractivity contribution in [3.05, 3.63) is 90.7 Å². The fourth-order valence-corrected chi connectivity index (χ4v) is 4.88. The molecule has 216 valence electrons. The quantitative estimate of drug-likeness (QED) is 0.252. The molecule has 0 aromatic carbocycles. The van der Waals surface area contributed by atoms with Crippen LogP contribution in [0.15, 0.2) is 73.6 Å². The minimum Gasteiger partial charge on any atom is -0.476 e. The summed E-state index contributed by atoms with van der Waals surface area (Å²) < 4.78 is 22.5. The average molecular weight is 568 g/mol. The zero-order chi connectivity index (χ0) is 29.9. The second-order valence-electron chi connectivity index (χ2n) is 11.1. The van der Waals surface area contributed by atoms with E-state index in [1.165, 1.54) is 6.20 Å². The van der Waals surface area contributed by atoms with Crippen LogP contribution in [0.1, 0.15) is 38.3 Å². The second-order valence-corrected chi connectivity index (χ2v) is 11.1. The number of pyridine rings is 2. The minimum absolute atomic E-state index is 0.368. The van der Waals surface area contributed by atoms with Crippen LogP contribution < -0.4 is 10.5 Å². The number of hydrogen-bond acceptors (Lipinski definition) is 8. The number of hydrogen-bond donors (Lipinski definition) is 1. The highest BCUT2D eigenvalue weighted by Crippen LogP contribution is 2.25. The molecule has 0 aliphatic rings. The summed E-state index contributed by atoms with van der Waals surface area (Å²) in [5, 5.41) is 8.50. The Morgan fingerprint density at radius 2 is 1.36 bits per heavy atom. The third-order valence-corrected chi connectivity index (χ3v) is 6.63. The third-order valence-electron chi connectivity index (χ3n) is 6.63. The molecule has 0 amide bonds. The molecule has 0 fully saturated rings. The molecule has 0 bridgehead atoms. The molecular weight excluding hydrogens is 533 g/mol. The van der Waals surface area contributed by atoms with Gasteiger partial charge in [-0.1, -0.05) is 13.8 Å². The number of aromatic nitrogens is 8. The van der Waals surface area contributed by atoms with E-state index >= 15 is 0 Å². The van der Waals surface area contributed by atoms with Gasteiger partial charge in [0.05, 0.1) is 23.8 Å². The van der Waals surface area contributed by atoms with Crippen LogP contribution in [-0.4, -0.2) is 51.3 Å². The van der Waals surface area contributed by atoms with Crippen molar-refractivity contribution in [2.45, 2.75) is 46.6 Å². The standard InChI is InChI=1S/C19H25N5O.C12H9FN4/c1-13(2)10-19(4,20)12-25-18-14(3)9-15(11-22-18)16-5-7-21-17-6-8-23-24(16)17;1-8-6-9(7-15-12(8)13)10-2-4-14-11-3-5-16-17(10)11/h5-9,11,13H,10,12,20H2,1-4H3;2-7H,1H3/t19-;/m1./s1. The number of nitrogens with two attached hydrogens (primary N) is 1. The molecule has 42 heavy (non-hydrogen) atoms. The van der Waals surface area contributed by atoms with Crippen molar-refractivity contribution >= 4 is 11.3 Å². The highest BCUT2D eigenvalue weighted by Gasteiger charge is 2.22. The molecule has 0 aliphatic heterocycles. The van der Waals surface area contributed by atoms with E-state index in [-0.39, 0.29) is 5.54 Å². The summed E-state index contributed by atoms with van der Waals surface area (Å²) in [4.78, 5) is 16.7. The van der Waals surface area contributed by atoms with Crippen LogP contribution >= 0.6 is 0 Å². The van der Waals surface area contributed by atoms with Crippen molar-refractivity contribution in [1.82, 2.24) is 39.2 Å². The maximum Gasteiger partial charge on any atom is 0.216 e. The molecule has 2 N–H and O–H groups in total. The molecule has 0 radical (unpaired) electrons. The van der Waals surface area contributed by atoms with E-state index in [0.717, 1.165) is 45.8 Å². The van der Waals surface area contributed by atoms with Gasteiger partial charge in [0.15, 0.2) is 11.3 Å². The number of rotatable bonds is 7. The van der Waals surface area contributed by atoms with Gasteiger partial charge in [0, 0.05) is 64.7 Å². The topological polar surface area (TPSA) is 121 Å². The largest absolute Gasteiger partial charge is 0.476 e. The highest BCUT2D eigenvalue weighted by molar-refractivity contribution is 5.63. The molecule has 0 aliphatic carbocycles. The number of fused-ring (bicyclic) bond motifs is 2. The highest BCUT2D eigenvalue weighted by atomic mass is 19.1. The van der Waals surface area contributed by atoms with Gasteiger partial charge in [-0.25, -0.2) is 29.0 Å². The van der Waals surface area contributed by atoms with Crippen LogP contribution in [0.5, 0.6) is 5.88 Å². The normalized spacial score (nSPS) is 12.8. The summed E-state index contributed by atoms with van der Waals surface area (Å²) in [6.45, 7) is 10.5. The SMILES string of the molecule is Cc1cc(-c2ccnc3ccnn23)cnc1F.Cc1cc(-c2ccnc3ccnn23)cnc1OC[C@](C)(N)CC(C)C. The van der Waals surface area contributed by atoms with Crippen molar-refractivity contribution in [3.8, 4) is 28.4 Å². The lowest BCUT2D eigenvalue weighted by atomic mass is 9.93. The van der Waals surface area contributed by atoms with Crippen molar-refractivity contribution in [1.29, 1.82) is 0 Å². The van der Waals surface area contributed by atoms with Gasteiger partial charge in [0.1, 0.15) is 6.61 Å². The Kier molecular flexibility index (Phi) is 8.21. The Balaban J connectivity index is 0.000000180. The fourth-order valence-electron chi connectivity index (χ4n) is 4.88. The van der Waals surface area contributed by atoms with Gasteiger partial charge in [-0.2, -0.15) is 14.6 Å². The molecule has 10 nitrogen and oxygen atoms in total. The van der Waals surface area contributed by atoms with Gasteiger partial charge in [-0.3, -0.25) is 0 Å². The molecule has 6 heterocycles. The van der Waals surface area contributed by atoms with Crippen LogP contribution in [0.2, 0.25) is 0 Å². The molecule has 6 rings (SSSR count). The Morgan fingerprint density at radius 3 is 1.88 bits per heavy atom. The van der Waals surface area contributed by atoms with E-state index in [1.54, 1.807) is 53.0 Å². The Hall–Kier alpha value is -4.77. The van der Waals surface area contributed by atoms with Crippen molar-refractivity contribution < 1.29 is 9.13 Å². The van der Waals surface area contributed by atoms with E-state index in [9.17, 15) is 4.39 Å². The summed E-state index contributed by atoms with van der Waals surface area (Å²) in [6, 6.07) is 11.2. The van der Waals surface area contributed by atoms with Gasteiger partial charge >= 0.3 is 0 Å². The van der Waals surface area contributed by atoms with E-state index in [4.69, 9.17) is 10.5 Å². The Labute approximate surface area is 243 Å². The fraction of sp³-hybridized carbons (Fsp3) is 0.290. The maximum atomic E-state index is 13.1. The van der Waals surface area contributed by atoms with Crippen molar-refractivity contribution in [2.24, 2.45) is 11.7 Å². The third kappa shape index (κ3) is 6.41. The molecule has 6 aromatic heterocycles. The Bertz CT molecular complexity index is 1830. The summed E-state index contributed by atoms with van der Waals surface area (Å²) in [6.07, 6.45) is 11.1. The van der Waals surface area contributed by atoms with E-state index in [2.05, 4.69) is 50.0 Å². The van der Waals surface area contributed by atoms with Crippen molar-refractivity contribution in [3.63, 3.8) is 0 Å². The predicted octanol–water partition coefficient (Wildman–Crippen LogP) is 5.48. The molecule has 6 aromatic rings. The molecule has 11 heteroatoms. The summed E-state index contributed by atoms with van der Waals surface area (Å²) in [5.41, 5.74) is 12.6. The van der Waals surface area contributed by atoms with E-state index < -0.39 is 5.95 Å². The van der Waals surface area contributed by atoms with Gasteiger partial charge in [0.25, 0.3) is 0 Å². The van der Waals surface area contributed by atoms with Crippen LogP contribution in [0.3, 0.4) is 0 Å².